The molecule has 7 heteroatoms. The normalized spacial score (nSPS) is 24.1. The van der Waals surface area contributed by atoms with Gasteiger partial charge in [-0.2, -0.15) is 0 Å². The number of rotatable bonds is 5. The van der Waals surface area contributed by atoms with Gasteiger partial charge in [-0.05, 0) is 88.2 Å². The van der Waals surface area contributed by atoms with Gasteiger partial charge in [0.25, 0.3) is 0 Å². The fourth-order valence-corrected chi connectivity index (χ4v) is 6.05. The number of nitrogens with zero attached hydrogens (tertiary/aromatic N) is 2. The topological polar surface area (TPSA) is 75.7 Å². The number of amides is 2. The molecule has 2 heterocycles. The number of urea groups is 1. The van der Waals surface area contributed by atoms with Crippen LogP contribution in [0.25, 0.3) is 10.9 Å². The number of anilines is 1. The van der Waals surface area contributed by atoms with Crippen LogP contribution in [0.2, 0.25) is 0 Å². The first kappa shape index (κ1) is 23.4. The molecule has 0 spiro atoms. The summed E-state index contributed by atoms with van der Waals surface area (Å²) in [7, 11) is 5.55. The second-order valence-corrected chi connectivity index (χ2v) is 9.90. The standard InChI is InChI=1S/C28H34N4O3/c1-18-5-6-19-15-21(8-9-23(19)29-18)30-27(33)31-22-11-12-28(13-14-32(2)26(28)17-22)20-7-10-24(34-3)25(16-20)35-4/h5-10,15-16,22,26H,11-14,17H2,1-4H3,(H2,30,31,33)/t22-,26+,28-/m0/s1. The predicted octanol–water partition coefficient (Wildman–Crippen LogP) is 4.88. The van der Waals surface area contributed by atoms with E-state index < -0.39 is 0 Å². The van der Waals surface area contributed by atoms with Gasteiger partial charge in [0.15, 0.2) is 11.5 Å². The highest BCUT2D eigenvalue weighted by Gasteiger charge is 2.50. The van der Waals surface area contributed by atoms with E-state index in [1.807, 2.05) is 43.3 Å². The zero-order chi connectivity index (χ0) is 24.6. The maximum absolute atomic E-state index is 12.9. The number of aromatic nitrogens is 1. The quantitative estimate of drug-likeness (QED) is 0.551. The summed E-state index contributed by atoms with van der Waals surface area (Å²) in [6.45, 7) is 3.02. The Balaban J connectivity index is 1.28. The Morgan fingerprint density at radius 1 is 1.06 bits per heavy atom. The Hall–Kier alpha value is -3.32. The first-order valence-corrected chi connectivity index (χ1v) is 12.3. The molecule has 35 heavy (non-hydrogen) atoms. The van der Waals surface area contributed by atoms with Crippen LogP contribution in [0.4, 0.5) is 10.5 Å². The maximum atomic E-state index is 12.9. The SMILES string of the molecule is COc1ccc([C@@]23CC[C@H](NC(=O)Nc4ccc5nc(C)ccc5c4)C[C@H]2N(C)CC3)cc1OC. The number of hydrogen-bond donors (Lipinski definition) is 2. The highest BCUT2D eigenvalue weighted by Crippen LogP contribution is 2.49. The summed E-state index contributed by atoms with van der Waals surface area (Å²) in [6, 6.07) is 16.5. The summed E-state index contributed by atoms with van der Waals surface area (Å²) in [6.07, 6.45) is 3.98. The number of likely N-dealkylation sites (tertiary alicyclic amines) is 1. The number of hydrogen-bond acceptors (Lipinski definition) is 5. The van der Waals surface area contributed by atoms with E-state index in [9.17, 15) is 4.79 Å². The molecule has 2 aliphatic rings. The molecule has 1 aliphatic carbocycles. The van der Waals surface area contributed by atoms with Crippen LogP contribution >= 0.6 is 0 Å². The lowest BCUT2D eigenvalue weighted by atomic mass is 9.65. The van der Waals surface area contributed by atoms with Gasteiger partial charge in [0, 0.05) is 34.3 Å². The number of fused-ring (bicyclic) bond motifs is 2. The molecule has 2 fully saturated rings. The highest BCUT2D eigenvalue weighted by atomic mass is 16.5. The lowest BCUT2D eigenvalue weighted by Gasteiger charge is -2.45. The van der Waals surface area contributed by atoms with E-state index in [0.29, 0.717) is 6.04 Å². The van der Waals surface area contributed by atoms with Crippen LogP contribution in [0.15, 0.2) is 48.5 Å². The Morgan fingerprint density at radius 2 is 1.89 bits per heavy atom. The first-order valence-electron chi connectivity index (χ1n) is 12.3. The molecular weight excluding hydrogens is 440 g/mol. The van der Waals surface area contributed by atoms with Crippen LogP contribution in [0, 0.1) is 6.92 Å². The van der Waals surface area contributed by atoms with Gasteiger partial charge in [-0.25, -0.2) is 4.79 Å². The number of ether oxygens (including phenoxy) is 2. The molecule has 0 unspecified atom stereocenters. The van der Waals surface area contributed by atoms with Crippen LogP contribution < -0.4 is 20.1 Å². The van der Waals surface area contributed by atoms with Crippen molar-refractivity contribution in [3.63, 3.8) is 0 Å². The molecule has 3 atom stereocenters. The monoisotopic (exact) mass is 474 g/mol. The predicted molar refractivity (Wildman–Crippen MR) is 139 cm³/mol. The minimum atomic E-state index is -0.159. The molecule has 184 valence electrons. The third-order valence-electron chi connectivity index (χ3n) is 7.91. The summed E-state index contributed by atoms with van der Waals surface area (Å²) in [5.74, 6) is 1.52. The molecule has 5 rings (SSSR count). The summed E-state index contributed by atoms with van der Waals surface area (Å²) < 4.78 is 11.0. The van der Waals surface area contributed by atoms with Crippen molar-refractivity contribution in [1.29, 1.82) is 0 Å². The number of methoxy groups -OCH3 is 2. The number of pyridine rings is 1. The summed E-state index contributed by atoms with van der Waals surface area (Å²) >= 11 is 0. The molecule has 1 aliphatic heterocycles. The molecule has 0 radical (unpaired) electrons. The number of carbonyl (C=O) groups excluding carboxylic acids is 1. The van der Waals surface area contributed by atoms with Gasteiger partial charge in [0.05, 0.1) is 19.7 Å². The van der Waals surface area contributed by atoms with Gasteiger partial charge >= 0.3 is 6.03 Å². The molecule has 1 aromatic heterocycles. The van der Waals surface area contributed by atoms with Gasteiger partial charge in [0.1, 0.15) is 0 Å². The molecule has 1 saturated heterocycles. The van der Waals surface area contributed by atoms with Crippen molar-refractivity contribution < 1.29 is 14.3 Å². The number of aryl methyl sites for hydroxylation is 1. The highest BCUT2D eigenvalue weighted by molar-refractivity contribution is 5.92. The summed E-state index contributed by atoms with van der Waals surface area (Å²) in [5, 5.41) is 7.26. The number of nitrogens with one attached hydrogen (secondary N) is 2. The number of likely N-dealkylation sites (N-methyl/N-ethyl adjacent to an activating group) is 1. The Kier molecular flexibility index (Phi) is 6.28. The summed E-state index contributed by atoms with van der Waals surface area (Å²) in [4.78, 5) is 19.8. The summed E-state index contributed by atoms with van der Waals surface area (Å²) in [5.41, 5.74) is 4.04. The lowest BCUT2D eigenvalue weighted by Crippen LogP contribution is -2.52. The lowest BCUT2D eigenvalue weighted by molar-refractivity contribution is 0.156. The van der Waals surface area contributed by atoms with Crippen LogP contribution in [-0.2, 0) is 5.41 Å². The molecule has 2 amide bonds. The largest absolute Gasteiger partial charge is 0.493 e. The Morgan fingerprint density at radius 3 is 2.69 bits per heavy atom. The van der Waals surface area contributed by atoms with Crippen molar-refractivity contribution >= 4 is 22.6 Å². The van der Waals surface area contributed by atoms with Crippen LogP contribution in [0.5, 0.6) is 11.5 Å². The van der Waals surface area contributed by atoms with Crippen molar-refractivity contribution in [1.82, 2.24) is 15.2 Å². The van der Waals surface area contributed by atoms with Crippen molar-refractivity contribution in [2.75, 3.05) is 33.1 Å². The average molecular weight is 475 g/mol. The van der Waals surface area contributed by atoms with Crippen LogP contribution in [0.1, 0.15) is 36.9 Å². The number of carbonyl (C=O) groups is 1. The van der Waals surface area contributed by atoms with E-state index in [4.69, 9.17) is 9.47 Å². The third kappa shape index (κ3) is 4.41. The van der Waals surface area contributed by atoms with Gasteiger partial charge in [-0.15, -0.1) is 0 Å². The fourth-order valence-electron chi connectivity index (χ4n) is 6.05. The van der Waals surface area contributed by atoms with Gasteiger partial charge < -0.3 is 25.0 Å². The fraction of sp³-hybridized carbons (Fsp3) is 0.429. The van der Waals surface area contributed by atoms with E-state index in [-0.39, 0.29) is 17.5 Å². The Labute approximate surface area is 206 Å². The van der Waals surface area contributed by atoms with Gasteiger partial charge in [-0.3, -0.25) is 4.98 Å². The molecule has 2 N–H and O–H groups in total. The van der Waals surface area contributed by atoms with E-state index in [1.165, 1.54) is 5.56 Å². The zero-order valence-electron chi connectivity index (χ0n) is 20.9. The second kappa shape index (κ2) is 9.38. The van der Waals surface area contributed by atoms with Crippen molar-refractivity contribution in [2.45, 2.75) is 50.1 Å². The smallest absolute Gasteiger partial charge is 0.319 e. The van der Waals surface area contributed by atoms with Crippen LogP contribution in [0.3, 0.4) is 0 Å². The molecule has 3 aromatic rings. The van der Waals surface area contributed by atoms with E-state index in [1.54, 1.807) is 14.2 Å². The maximum Gasteiger partial charge on any atom is 0.319 e. The first-order chi connectivity index (χ1) is 16.9. The minimum Gasteiger partial charge on any atom is -0.493 e. The Bertz CT molecular complexity index is 1250. The molecule has 0 bridgehead atoms. The molecule has 7 nitrogen and oxygen atoms in total. The molecular formula is C28H34N4O3. The zero-order valence-corrected chi connectivity index (χ0v) is 20.9. The second-order valence-electron chi connectivity index (χ2n) is 9.90. The third-order valence-corrected chi connectivity index (χ3v) is 7.91. The van der Waals surface area contributed by atoms with E-state index >= 15 is 0 Å². The van der Waals surface area contributed by atoms with Gasteiger partial charge in [-0.1, -0.05) is 12.1 Å². The van der Waals surface area contributed by atoms with Crippen molar-refractivity contribution in [3.8, 4) is 11.5 Å². The van der Waals surface area contributed by atoms with Gasteiger partial charge in [0.2, 0.25) is 0 Å². The number of benzene rings is 2. The van der Waals surface area contributed by atoms with E-state index in [2.05, 4.69) is 39.7 Å². The minimum absolute atomic E-state index is 0.0619. The van der Waals surface area contributed by atoms with Crippen molar-refractivity contribution in [3.05, 3.63) is 59.8 Å². The average Bonchev–Trinajstić information content (AvgIpc) is 3.20. The van der Waals surface area contributed by atoms with Crippen LogP contribution in [-0.4, -0.2) is 55.8 Å². The molecule has 2 aromatic carbocycles. The molecule has 1 saturated carbocycles. The van der Waals surface area contributed by atoms with Crippen molar-refractivity contribution in [2.24, 2.45) is 0 Å². The van der Waals surface area contributed by atoms with E-state index in [0.717, 1.165) is 66.0 Å².